The zero-order valence-electron chi connectivity index (χ0n) is 5.78. The molecule has 0 saturated carbocycles. The highest BCUT2D eigenvalue weighted by Gasteiger charge is 1.89. The first kappa shape index (κ1) is 7.91. The number of allylic oxidation sites excluding steroid dienone is 3. The molecule has 0 radical (unpaired) electrons. The zero-order chi connectivity index (χ0) is 6.73. The van der Waals surface area contributed by atoms with Crippen molar-refractivity contribution < 1.29 is 0 Å². The fraction of sp³-hybridized carbons (Fsp3) is 0.429. The lowest BCUT2D eigenvalue weighted by molar-refractivity contribution is 1.29. The normalized spacial score (nSPS) is 8.50. The Labute approximate surface area is 53.9 Å². The van der Waals surface area contributed by atoms with E-state index in [-0.39, 0.29) is 0 Å². The van der Waals surface area contributed by atoms with Crippen LogP contribution in [-0.4, -0.2) is 0 Å². The molecule has 46 valence electrons. The molecule has 0 fully saturated rings. The maximum Gasteiger partial charge on any atom is -0.0346 e. The van der Waals surface area contributed by atoms with Gasteiger partial charge in [-0.1, -0.05) is 12.2 Å². The van der Waals surface area contributed by atoms with Crippen LogP contribution in [0.3, 0.4) is 0 Å². The van der Waals surface area contributed by atoms with Crippen LogP contribution in [0.2, 0.25) is 0 Å². The van der Waals surface area contributed by atoms with E-state index >= 15 is 0 Å². The summed E-state index contributed by atoms with van der Waals surface area (Å²) in [4.78, 5) is 0. The van der Waals surface area contributed by atoms with Crippen molar-refractivity contribution in [3.63, 3.8) is 0 Å². The quantitative estimate of drug-likeness (QED) is 0.376. The highest BCUT2D eigenvalue weighted by atomic mass is 31.0. The van der Waals surface area contributed by atoms with Crippen LogP contribution in [0.15, 0.2) is 23.0 Å². The molecule has 0 aromatic carbocycles. The van der Waals surface area contributed by atoms with E-state index in [1.807, 2.05) is 0 Å². The van der Waals surface area contributed by atoms with E-state index in [1.165, 1.54) is 11.1 Å². The van der Waals surface area contributed by atoms with Crippen LogP contribution in [0.5, 0.6) is 0 Å². The van der Waals surface area contributed by atoms with Crippen LogP contribution in [0.25, 0.3) is 0 Å². The van der Waals surface area contributed by atoms with Gasteiger partial charge in [0.1, 0.15) is 0 Å². The van der Waals surface area contributed by atoms with E-state index in [0.717, 1.165) is 5.31 Å². The van der Waals surface area contributed by atoms with Crippen LogP contribution in [0, 0.1) is 0 Å². The first-order valence-electron chi connectivity index (χ1n) is 2.64. The Morgan fingerprint density at radius 2 is 1.62 bits per heavy atom. The zero-order valence-corrected chi connectivity index (χ0v) is 6.94. The third-order valence-corrected chi connectivity index (χ3v) is 1.66. The predicted octanol–water partition coefficient (Wildman–Crippen LogP) is 2.73. The lowest BCUT2D eigenvalue weighted by atomic mass is 10.2. The van der Waals surface area contributed by atoms with Crippen LogP contribution >= 0.6 is 9.24 Å². The van der Waals surface area contributed by atoms with E-state index in [4.69, 9.17) is 0 Å². The van der Waals surface area contributed by atoms with Crippen LogP contribution in [-0.2, 0) is 0 Å². The SMILES string of the molecule is C=C(P)C(C)=C(C)C. The van der Waals surface area contributed by atoms with Gasteiger partial charge >= 0.3 is 0 Å². The molecule has 0 amide bonds. The molecule has 0 N–H and O–H groups in total. The number of hydrogen-bond acceptors (Lipinski definition) is 0. The highest BCUT2D eigenvalue weighted by molar-refractivity contribution is 7.23. The molecule has 0 bridgehead atoms. The second-order valence-electron chi connectivity index (χ2n) is 2.15. The van der Waals surface area contributed by atoms with Gasteiger partial charge in [0.25, 0.3) is 0 Å². The molecule has 0 spiro atoms. The molecule has 0 aliphatic heterocycles. The molecule has 0 heterocycles. The largest absolute Gasteiger partial charge is 0.106 e. The summed E-state index contributed by atoms with van der Waals surface area (Å²) in [5.74, 6) is 0. The third-order valence-electron chi connectivity index (χ3n) is 1.23. The van der Waals surface area contributed by atoms with E-state index in [1.54, 1.807) is 0 Å². The summed E-state index contributed by atoms with van der Waals surface area (Å²) in [5.41, 5.74) is 2.63. The Balaban J connectivity index is 4.23. The minimum Gasteiger partial charge on any atom is -0.106 e. The van der Waals surface area contributed by atoms with Gasteiger partial charge in [0.15, 0.2) is 0 Å². The molecule has 8 heavy (non-hydrogen) atoms. The van der Waals surface area contributed by atoms with Gasteiger partial charge in [0.2, 0.25) is 0 Å². The van der Waals surface area contributed by atoms with Crippen molar-refractivity contribution in [3.8, 4) is 0 Å². The van der Waals surface area contributed by atoms with Crippen molar-refractivity contribution in [1.29, 1.82) is 0 Å². The molecule has 1 unspecified atom stereocenters. The van der Waals surface area contributed by atoms with Crippen molar-refractivity contribution in [3.05, 3.63) is 23.0 Å². The van der Waals surface area contributed by atoms with Gasteiger partial charge in [0, 0.05) is 0 Å². The van der Waals surface area contributed by atoms with Crippen molar-refractivity contribution in [1.82, 2.24) is 0 Å². The molecule has 1 heteroatoms. The van der Waals surface area contributed by atoms with Crippen LogP contribution in [0.4, 0.5) is 0 Å². The van der Waals surface area contributed by atoms with Gasteiger partial charge in [-0.05, 0) is 31.7 Å². The first-order valence-corrected chi connectivity index (χ1v) is 3.22. The van der Waals surface area contributed by atoms with Crippen molar-refractivity contribution >= 4 is 9.24 Å². The Hall–Kier alpha value is -0.0900. The second kappa shape index (κ2) is 3.04. The molecule has 0 nitrogen and oxygen atoms in total. The van der Waals surface area contributed by atoms with Gasteiger partial charge in [-0.15, -0.1) is 9.24 Å². The molecule has 0 aliphatic carbocycles. The summed E-state index contributed by atoms with van der Waals surface area (Å²) < 4.78 is 0. The van der Waals surface area contributed by atoms with Crippen LogP contribution < -0.4 is 0 Å². The summed E-state index contributed by atoms with van der Waals surface area (Å²) in [6, 6.07) is 0. The maximum absolute atomic E-state index is 3.78. The lowest BCUT2D eigenvalue weighted by Crippen LogP contribution is -1.75. The fourth-order valence-electron chi connectivity index (χ4n) is 0.321. The smallest absolute Gasteiger partial charge is 0.0346 e. The van der Waals surface area contributed by atoms with Gasteiger partial charge < -0.3 is 0 Å². The van der Waals surface area contributed by atoms with Gasteiger partial charge in [-0.3, -0.25) is 0 Å². The molecule has 1 atom stereocenters. The molecular formula is C7H13P. The highest BCUT2D eigenvalue weighted by Crippen LogP contribution is 2.16. The molecule has 0 saturated heterocycles. The first-order chi connectivity index (χ1) is 3.55. The Morgan fingerprint density at radius 1 is 1.25 bits per heavy atom. The van der Waals surface area contributed by atoms with Gasteiger partial charge in [0.05, 0.1) is 0 Å². The lowest BCUT2D eigenvalue weighted by Gasteiger charge is -1.99. The Kier molecular flexibility index (Phi) is 3.01. The topological polar surface area (TPSA) is 0 Å². The van der Waals surface area contributed by atoms with Gasteiger partial charge in [-0.25, -0.2) is 0 Å². The summed E-state index contributed by atoms with van der Waals surface area (Å²) in [6.07, 6.45) is 0. The molecule has 0 aromatic rings. The monoisotopic (exact) mass is 128 g/mol. The van der Waals surface area contributed by atoms with E-state index < -0.39 is 0 Å². The average molecular weight is 128 g/mol. The van der Waals surface area contributed by atoms with Crippen molar-refractivity contribution in [2.45, 2.75) is 20.8 Å². The average Bonchev–Trinajstić information content (AvgIpc) is 1.64. The third kappa shape index (κ3) is 2.28. The summed E-state index contributed by atoms with van der Waals surface area (Å²) in [7, 11) is 2.59. The molecule has 0 rings (SSSR count). The predicted molar refractivity (Wildman–Crippen MR) is 42.9 cm³/mol. The Morgan fingerprint density at radius 3 is 1.62 bits per heavy atom. The van der Waals surface area contributed by atoms with E-state index in [2.05, 4.69) is 36.6 Å². The van der Waals surface area contributed by atoms with Crippen molar-refractivity contribution in [2.75, 3.05) is 0 Å². The second-order valence-corrected chi connectivity index (χ2v) is 2.85. The fourth-order valence-corrected chi connectivity index (χ4v) is 0.610. The van der Waals surface area contributed by atoms with Crippen LogP contribution in [0.1, 0.15) is 20.8 Å². The standard InChI is InChI=1S/C7H13P/c1-5(2)6(3)7(4)8/h4,8H2,1-3H3. The van der Waals surface area contributed by atoms with E-state index in [0.29, 0.717) is 0 Å². The molecular weight excluding hydrogens is 115 g/mol. The summed E-state index contributed by atoms with van der Waals surface area (Å²) in [5, 5.41) is 1.09. The maximum atomic E-state index is 3.78. The van der Waals surface area contributed by atoms with Gasteiger partial charge in [-0.2, -0.15) is 0 Å². The summed E-state index contributed by atoms with van der Waals surface area (Å²) in [6.45, 7) is 10.0. The van der Waals surface area contributed by atoms with E-state index in [9.17, 15) is 0 Å². The molecule has 0 aromatic heterocycles. The number of hydrogen-bond donors (Lipinski definition) is 0. The number of rotatable bonds is 1. The Bertz CT molecular complexity index is 127. The minimum atomic E-state index is 1.09. The van der Waals surface area contributed by atoms with Crippen molar-refractivity contribution in [2.24, 2.45) is 0 Å². The minimum absolute atomic E-state index is 1.09. The molecule has 0 aliphatic rings. The summed E-state index contributed by atoms with van der Waals surface area (Å²) >= 11 is 0.